The van der Waals surface area contributed by atoms with Crippen molar-refractivity contribution in [2.45, 2.75) is 38.7 Å². The van der Waals surface area contributed by atoms with Gasteiger partial charge in [-0.3, -0.25) is 0 Å². The Morgan fingerprint density at radius 1 is 0.826 bits per heavy atom. The summed E-state index contributed by atoms with van der Waals surface area (Å²) < 4.78 is 5.87. The largest absolute Gasteiger partial charge is 0.377 e. The van der Waals surface area contributed by atoms with Crippen molar-refractivity contribution < 1.29 is 4.74 Å². The minimum Gasteiger partial charge on any atom is -0.377 e. The van der Waals surface area contributed by atoms with E-state index in [0.717, 1.165) is 39.0 Å². The van der Waals surface area contributed by atoms with Crippen molar-refractivity contribution in [1.29, 1.82) is 0 Å². The molecule has 0 aromatic heterocycles. The summed E-state index contributed by atoms with van der Waals surface area (Å²) in [6.45, 7) is 4.96. The minimum absolute atomic E-state index is 0.280. The third-order valence-electron chi connectivity index (χ3n) is 3.95. The first-order chi connectivity index (χ1) is 11.3. The molecule has 2 aromatic carbocycles. The fourth-order valence-electron chi connectivity index (χ4n) is 2.63. The zero-order chi connectivity index (χ0) is 16.2. The molecule has 0 heterocycles. The fraction of sp³-hybridized carbons (Fsp3) is 0.429. The van der Waals surface area contributed by atoms with Crippen LogP contribution in [0.5, 0.6) is 0 Å². The van der Waals surface area contributed by atoms with Gasteiger partial charge < -0.3 is 10.1 Å². The molecule has 0 bridgehead atoms. The van der Waals surface area contributed by atoms with Crippen molar-refractivity contribution in [3.8, 4) is 0 Å². The van der Waals surface area contributed by atoms with Crippen LogP contribution in [0.15, 0.2) is 60.7 Å². The number of benzene rings is 2. The van der Waals surface area contributed by atoms with Gasteiger partial charge in [0, 0.05) is 13.2 Å². The average Bonchev–Trinajstić information content (AvgIpc) is 2.60. The number of rotatable bonds is 11. The Labute approximate surface area is 140 Å². The summed E-state index contributed by atoms with van der Waals surface area (Å²) >= 11 is 0. The molecule has 2 rings (SSSR count). The lowest BCUT2D eigenvalue weighted by atomic mass is 10.1. The van der Waals surface area contributed by atoms with Crippen molar-refractivity contribution in [3.05, 3.63) is 71.8 Å². The molecule has 2 heteroatoms. The summed E-state index contributed by atoms with van der Waals surface area (Å²) in [6, 6.07) is 21.3. The summed E-state index contributed by atoms with van der Waals surface area (Å²) in [6.07, 6.45) is 4.77. The van der Waals surface area contributed by atoms with E-state index in [1.165, 1.54) is 17.5 Å². The van der Waals surface area contributed by atoms with Crippen LogP contribution >= 0.6 is 0 Å². The maximum absolute atomic E-state index is 5.87. The zero-order valence-corrected chi connectivity index (χ0v) is 14.2. The van der Waals surface area contributed by atoms with Crippen molar-refractivity contribution in [3.63, 3.8) is 0 Å². The molecule has 0 aliphatic carbocycles. The van der Waals surface area contributed by atoms with Crippen LogP contribution in [0.25, 0.3) is 0 Å². The molecular formula is C21H29NO. The number of aryl methyl sites for hydroxylation is 2. The zero-order valence-electron chi connectivity index (χ0n) is 14.2. The molecule has 0 amide bonds. The quantitative estimate of drug-likeness (QED) is 0.627. The first kappa shape index (κ1) is 17.7. The van der Waals surface area contributed by atoms with E-state index < -0.39 is 0 Å². The number of hydrogen-bond acceptors (Lipinski definition) is 2. The summed E-state index contributed by atoms with van der Waals surface area (Å²) in [7, 11) is 0. The Bertz CT molecular complexity index is 512. The second-order valence-corrected chi connectivity index (χ2v) is 6.06. The van der Waals surface area contributed by atoms with Gasteiger partial charge in [-0.1, -0.05) is 60.7 Å². The molecule has 0 fully saturated rings. The summed E-state index contributed by atoms with van der Waals surface area (Å²) in [5, 5.41) is 3.49. The van der Waals surface area contributed by atoms with E-state index in [4.69, 9.17) is 4.74 Å². The molecule has 2 nitrogen and oxygen atoms in total. The normalized spacial score (nSPS) is 12.2. The van der Waals surface area contributed by atoms with Crippen LogP contribution in [0.1, 0.15) is 30.9 Å². The highest BCUT2D eigenvalue weighted by atomic mass is 16.5. The van der Waals surface area contributed by atoms with Crippen LogP contribution in [0, 0.1) is 0 Å². The second-order valence-electron chi connectivity index (χ2n) is 6.06. The van der Waals surface area contributed by atoms with Gasteiger partial charge in [-0.2, -0.15) is 0 Å². The third-order valence-corrected chi connectivity index (χ3v) is 3.95. The van der Waals surface area contributed by atoms with E-state index >= 15 is 0 Å². The van der Waals surface area contributed by atoms with Crippen LogP contribution in [0.3, 0.4) is 0 Å². The molecule has 124 valence electrons. The standard InChI is InChI=1S/C21H29NO/c1-19(23-17-9-15-21-12-6-3-7-13-21)18-22-16-8-14-20-10-4-2-5-11-20/h2-7,10-13,19,22H,8-9,14-18H2,1H3. The smallest absolute Gasteiger partial charge is 0.0671 e. The number of hydrogen-bond donors (Lipinski definition) is 1. The van der Waals surface area contributed by atoms with Crippen LogP contribution < -0.4 is 5.32 Å². The molecule has 23 heavy (non-hydrogen) atoms. The van der Waals surface area contributed by atoms with E-state index in [0.29, 0.717) is 0 Å². The topological polar surface area (TPSA) is 21.3 Å². The average molecular weight is 311 g/mol. The molecule has 0 radical (unpaired) electrons. The van der Waals surface area contributed by atoms with Crippen LogP contribution in [0.2, 0.25) is 0 Å². The lowest BCUT2D eigenvalue weighted by molar-refractivity contribution is 0.0645. The number of ether oxygens (including phenoxy) is 1. The monoisotopic (exact) mass is 311 g/mol. The van der Waals surface area contributed by atoms with Gasteiger partial charge in [-0.05, 0) is 50.3 Å². The van der Waals surface area contributed by atoms with Gasteiger partial charge in [0.05, 0.1) is 6.10 Å². The number of nitrogens with one attached hydrogen (secondary N) is 1. The molecule has 0 saturated carbocycles. The molecule has 0 aliphatic rings. The van der Waals surface area contributed by atoms with Crippen LogP contribution in [-0.4, -0.2) is 25.8 Å². The van der Waals surface area contributed by atoms with Crippen molar-refractivity contribution in [2.75, 3.05) is 19.7 Å². The second kappa shape index (κ2) is 11.0. The van der Waals surface area contributed by atoms with E-state index in [-0.39, 0.29) is 6.10 Å². The van der Waals surface area contributed by atoms with Gasteiger partial charge in [-0.25, -0.2) is 0 Å². The molecule has 0 spiro atoms. The van der Waals surface area contributed by atoms with Gasteiger partial charge in [-0.15, -0.1) is 0 Å². The Hall–Kier alpha value is -1.64. The first-order valence-corrected chi connectivity index (χ1v) is 8.75. The Balaban J connectivity index is 1.45. The summed E-state index contributed by atoms with van der Waals surface area (Å²) in [5.74, 6) is 0. The highest BCUT2D eigenvalue weighted by Crippen LogP contribution is 2.04. The van der Waals surface area contributed by atoms with Gasteiger partial charge >= 0.3 is 0 Å². The molecule has 0 saturated heterocycles. The Kier molecular flexibility index (Phi) is 8.46. The Morgan fingerprint density at radius 2 is 1.39 bits per heavy atom. The molecule has 1 atom stereocenters. The SMILES string of the molecule is CC(CNCCCc1ccccc1)OCCCc1ccccc1. The lowest BCUT2D eigenvalue weighted by Crippen LogP contribution is -2.28. The molecule has 1 N–H and O–H groups in total. The van der Waals surface area contributed by atoms with Gasteiger partial charge in [0.1, 0.15) is 0 Å². The first-order valence-electron chi connectivity index (χ1n) is 8.75. The maximum Gasteiger partial charge on any atom is 0.0671 e. The molecular weight excluding hydrogens is 282 g/mol. The predicted molar refractivity (Wildman–Crippen MR) is 97.8 cm³/mol. The maximum atomic E-state index is 5.87. The fourth-order valence-corrected chi connectivity index (χ4v) is 2.63. The lowest BCUT2D eigenvalue weighted by Gasteiger charge is -2.14. The van der Waals surface area contributed by atoms with E-state index in [2.05, 4.69) is 72.9 Å². The van der Waals surface area contributed by atoms with Crippen LogP contribution in [-0.2, 0) is 17.6 Å². The van der Waals surface area contributed by atoms with Crippen molar-refractivity contribution >= 4 is 0 Å². The van der Waals surface area contributed by atoms with Crippen molar-refractivity contribution in [2.24, 2.45) is 0 Å². The highest BCUT2D eigenvalue weighted by molar-refractivity contribution is 5.15. The van der Waals surface area contributed by atoms with Crippen molar-refractivity contribution in [1.82, 2.24) is 5.32 Å². The third kappa shape index (κ3) is 7.96. The summed E-state index contributed by atoms with van der Waals surface area (Å²) in [5.41, 5.74) is 2.81. The van der Waals surface area contributed by atoms with Gasteiger partial charge in [0.15, 0.2) is 0 Å². The predicted octanol–water partition coefficient (Wildman–Crippen LogP) is 4.25. The minimum atomic E-state index is 0.280. The van der Waals surface area contributed by atoms with Gasteiger partial charge in [0.25, 0.3) is 0 Å². The molecule has 1 unspecified atom stereocenters. The molecule has 0 aliphatic heterocycles. The van der Waals surface area contributed by atoms with E-state index in [1.807, 2.05) is 0 Å². The summed E-state index contributed by atoms with van der Waals surface area (Å²) in [4.78, 5) is 0. The van der Waals surface area contributed by atoms with Crippen LogP contribution in [0.4, 0.5) is 0 Å². The van der Waals surface area contributed by atoms with E-state index in [1.54, 1.807) is 0 Å². The highest BCUT2D eigenvalue weighted by Gasteiger charge is 2.01. The van der Waals surface area contributed by atoms with E-state index in [9.17, 15) is 0 Å². The Morgan fingerprint density at radius 3 is 2.00 bits per heavy atom. The van der Waals surface area contributed by atoms with Gasteiger partial charge in [0.2, 0.25) is 0 Å². The molecule has 2 aromatic rings.